The summed E-state index contributed by atoms with van der Waals surface area (Å²) in [6.07, 6.45) is 0.887. The summed E-state index contributed by atoms with van der Waals surface area (Å²) < 4.78 is 17.2. The van der Waals surface area contributed by atoms with Crippen molar-refractivity contribution in [2.45, 2.75) is 26.3 Å². The van der Waals surface area contributed by atoms with Crippen LogP contribution in [-0.4, -0.2) is 23.4 Å². The van der Waals surface area contributed by atoms with Crippen LogP contribution >= 0.6 is 0 Å². The highest BCUT2D eigenvalue weighted by atomic mass is 16.5. The molecule has 1 aromatic heterocycles. The summed E-state index contributed by atoms with van der Waals surface area (Å²) in [5.74, 6) is 2.59. The minimum Gasteiger partial charge on any atom is -0.490 e. The van der Waals surface area contributed by atoms with E-state index >= 15 is 0 Å². The minimum absolute atomic E-state index is 0.133. The number of aromatic nitrogens is 2. The number of hydrogen-bond acceptors (Lipinski definition) is 6. The quantitative estimate of drug-likeness (QED) is 0.752. The Balaban J connectivity index is 1.49. The molecule has 1 aliphatic heterocycles. The molecule has 134 valence electrons. The second-order valence-corrected chi connectivity index (χ2v) is 6.39. The van der Waals surface area contributed by atoms with Crippen molar-refractivity contribution in [1.82, 2.24) is 10.2 Å². The molecule has 1 unspecified atom stereocenters. The Morgan fingerprint density at radius 1 is 0.962 bits per heavy atom. The minimum atomic E-state index is -0.133. The van der Waals surface area contributed by atoms with E-state index in [1.54, 1.807) is 0 Å². The van der Waals surface area contributed by atoms with E-state index in [0.29, 0.717) is 25.0 Å². The predicted octanol–water partition coefficient (Wildman–Crippen LogP) is 4.38. The molecular formula is C20H21N3O3. The average Bonchev–Trinajstić information content (AvgIpc) is 3.02. The summed E-state index contributed by atoms with van der Waals surface area (Å²) in [7, 11) is 0. The first-order chi connectivity index (χ1) is 12.7. The van der Waals surface area contributed by atoms with Crippen molar-refractivity contribution < 1.29 is 13.9 Å². The Labute approximate surface area is 152 Å². The molecule has 2 heterocycles. The lowest BCUT2D eigenvalue weighted by molar-refractivity contribution is 0.297. The number of benzene rings is 2. The maximum atomic E-state index is 5.84. The number of nitrogens with zero attached hydrogens (tertiary/aromatic N) is 2. The first-order valence-corrected chi connectivity index (χ1v) is 8.76. The number of anilines is 1. The number of ether oxygens (including phenoxy) is 2. The molecule has 0 amide bonds. The van der Waals surface area contributed by atoms with E-state index in [9.17, 15) is 0 Å². The van der Waals surface area contributed by atoms with Gasteiger partial charge in [-0.05, 0) is 38.1 Å². The van der Waals surface area contributed by atoms with E-state index < -0.39 is 0 Å². The molecule has 0 radical (unpaired) electrons. The van der Waals surface area contributed by atoms with Crippen molar-refractivity contribution in [1.29, 1.82) is 0 Å². The van der Waals surface area contributed by atoms with Crippen LogP contribution < -0.4 is 14.8 Å². The first-order valence-electron chi connectivity index (χ1n) is 8.76. The lowest BCUT2D eigenvalue weighted by Crippen LogP contribution is -2.07. The van der Waals surface area contributed by atoms with E-state index in [-0.39, 0.29) is 6.04 Å². The predicted molar refractivity (Wildman–Crippen MR) is 98.6 cm³/mol. The van der Waals surface area contributed by atoms with Crippen LogP contribution in [0.15, 0.2) is 46.9 Å². The highest BCUT2D eigenvalue weighted by molar-refractivity contribution is 5.56. The van der Waals surface area contributed by atoms with Gasteiger partial charge in [0.05, 0.1) is 13.2 Å². The Bertz CT molecular complexity index is 890. The van der Waals surface area contributed by atoms with Crippen molar-refractivity contribution in [3.05, 3.63) is 53.9 Å². The zero-order valence-corrected chi connectivity index (χ0v) is 14.9. The Morgan fingerprint density at radius 3 is 2.54 bits per heavy atom. The van der Waals surface area contributed by atoms with Crippen LogP contribution in [0.5, 0.6) is 11.5 Å². The van der Waals surface area contributed by atoms with Crippen molar-refractivity contribution >= 4 is 5.69 Å². The molecule has 3 aromatic rings. The molecule has 0 aliphatic carbocycles. The van der Waals surface area contributed by atoms with Crippen LogP contribution in [0.3, 0.4) is 0 Å². The number of aryl methyl sites for hydroxylation is 1. The zero-order valence-electron chi connectivity index (χ0n) is 14.9. The molecule has 1 N–H and O–H groups in total. The second kappa shape index (κ2) is 7.07. The van der Waals surface area contributed by atoms with Crippen molar-refractivity contribution in [2.24, 2.45) is 0 Å². The van der Waals surface area contributed by atoms with Crippen molar-refractivity contribution in [2.75, 3.05) is 18.5 Å². The molecule has 1 atom stereocenters. The fraction of sp³-hybridized carbons (Fsp3) is 0.300. The molecule has 6 nitrogen and oxygen atoms in total. The maximum Gasteiger partial charge on any atom is 0.247 e. The molecule has 0 spiro atoms. The van der Waals surface area contributed by atoms with E-state index in [0.717, 1.165) is 29.2 Å². The topological polar surface area (TPSA) is 69.4 Å². The van der Waals surface area contributed by atoms with Crippen LogP contribution in [0.4, 0.5) is 5.69 Å². The molecule has 0 fully saturated rings. The summed E-state index contributed by atoms with van der Waals surface area (Å²) >= 11 is 0. The van der Waals surface area contributed by atoms with Gasteiger partial charge < -0.3 is 19.2 Å². The highest BCUT2D eigenvalue weighted by Crippen LogP contribution is 2.33. The molecule has 0 bridgehead atoms. The summed E-state index contributed by atoms with van der Waals surface area (Å²) in [6.45, 7) is 5.37. The fourth-order valence-electron chi connectivity index (χ4n) is 2.79. The van der Waals surface area contributed by atoms with Crippen LogP contribution in [0.1, 0.15) is 30.8 Å². The molecule has 0 saturated heterocycles. The Hall–Kier alpha value is -3.02. The maximum absolute atomic E-state index is 5.84. The third-order valence-electron chi connectivity index (χ3n) is 4.24. The number of hydrogen-bond donors (Lipinski definition) is 1. The molecule has 2 aromatic carbocycles. The van der Waals surface area contributed by atoms with Crippen LogP contribution in [0.2, 0.25) is 0 Å². The first kappa shape index (κ1) is 16.4. The van der Waals surface area contributed by atoms with Gasteiger partial charge in [0.1, 0.15) is 6.04 Å². The fourth-order valence-corrected chi connectivity index (χ4v) is 2.79. The molecule has 4 rings (SSSR count). The van der Waals surface area contributed by atoms with Crippen LogP contribution in [-0.2, 0) is 0 Å². The van der Waals surface area contributed by atoms with E-state index in [4.69, 9.17) is 13.9 Å². The summed E-state index contributed by atoms with van der Waals surface area (Å²) in [5.41, 5.74) is 3.02. The summed E-state index contributed by atoms with van der Waals surface area (Å²) in [4.78, 5) is 0. The van der Waals surface area contributed by atoms with Gasteiger partial charge >= 0.3 is 0 Å². The SMILES string of the molecule is Cc1ccc(-c2nnc(C(C)Nc3ccc4c(c3)OCCCO4)o2)cc1. The lowest BCUT2D eigenvalue weighted by atomic mass is 10.1. The molecule has 26 heavy (non-hydrogen) atoms. The van der Waals surface area contributed by atoms with E-state index in [1.165, 1.54) is 5.56 Å². The van der Waals surface area contributed by atoms with Gasteiger partial charge in [-0.15, -0.1) is 10.2 Å². The monoisotopic (exact) mass is 351 g/mol. The number of nitrogens with one attached hydrogen (secondary N) is 1. The Kier molecular flexibility index (Phi) is 4.48. The van der Waals surface area contributed by atoms with Gasteiger partial charge in [-0.2, -0.15) is 0 Å². The molecular weight excluding hydrogens is 330 g/mol. The lowest BCUT2D eigenvalue weighted by Gasteiger charge is -2.14. The van der Waals surface area contributed by atoms with Gasteiger partial charge in [-0.1, -0.05) is 17.7 Å². The van der Waals surface area contributed by atoms with E-state index in [1.807, 2.05) is 56.3 Å². The van der Waals surface area contributed by atoms with Crippen molar-refractivity contribution in [3.8, 4) is 23.0 Å². The smallest absolute Gasteiger partial charge is 0.247 e. The van der Waals surface area contributed by atoms with Gasteiger partial charge in [0.15, 0.2) is 11.5 Å². The normalized spacial score (nSPS) is 14.5. The second-order valence-electron chi connectivity index (χ2n) is 6.39. The molecule has 1 aliphatic rings. The van der Waals surface area contributed by atoms with Crippen LogP contribution in [0.25, 0.3) is 11.5 Å². The van der Waals surface area contributed by atoms with Gasteiger partial charge in [-0.25, -0.2) is 0 Å². The van der Waals surface area contributed by atoms with Gasteiger partial charge in [0, 0.05) is 23.7 Å². The zero-order chi connectivity index (χ0) is 17.9. The average molecular weight is 351 g/mol. The molecule has 6 heteroatoms. The van der Waals surface area contributed by atoms with Crippen molar-refractivity contribution in [3.63, 3.8) is 0 Å². The number of rotatable bonds is 4. The van der Waals surface area contributed by atoms with Gasteiger partial charge in [0.2, 0.25) is 11.8 Å². The van der Waals surface area contributed by atoms with Crippen LogP contribution in [0, 0.1) is 6.92 Å². The standard InChI is InChI=1S/C20H21N3O3/c1-13-4-6-15(7-5-13)20-23-22-19(26-20)14(2)21-16-8-9-17-18(12-16)25-11-3-10-24-17/h4-9,12,14,21H,3,10-11H2,1-2H3. The Morgan fingerprint density at radius 2 is 1.73 bits per heavy atom. The largest absolute Gasteiger partial charge is 0.490 e. The highest BCUT2D eigenvalue weighted by Gasteiger charge is 2.17. The summed E-state index contributed by atoms with van der Waals surface area (Å²) in [5, 5.41) is 11.7. The number of fused-ring (bicyclic) bond motifs is 1. The molecule has 0 saturated carbocycles. The van der Waals surface area contributed by atoms with E-state index in [2.05, 4.69) is 15.5 Å². The third-order valence-corrected chi connectivity index (χ3v) is 4.24. The summed E-state index contributed by atoms with van der Waals surface area (Å²) in [6, 6.07) is 13.7. The third kappa shape index (κ3) is 3.49. The van der Waals surface area contributed by atoms with Gasteiger partial charge in [-0.3, -0.25) is 0 Å². The van der Waals surface area contributed by atoms with Gasteiger partial charge in [0.25, 0.3) is 0 Å².